The summed E-state index contributed by atoms with van der Waals surface area (Å²) in [7, 11) is 0. The molecule has 0 bridgehead atoms. The van der Waals surface area contributed by atoms with Crippen LogP contribution in [0, 0.1) is 11.8 Å². The number of carboxylic acids is 1. The Kier molecular flexibility index (Phi) is 3.31. The van der Waals surface area contributed by atoms with E-state index in [-0.39, 0.29) is 17.9 Å². The predicted octanol–water partition coefficient (Wildman–Crippen LogP) is 2.35. The van der Waals surface area contributed by atoms with Crippen molar-refractivity contribution >= 4 is 23.2 Å². The zero-order valence-electron chi connectivity index (χ0n) is 10.6. The van der Waals surface area contributed by atoms with Gasteiger partial charge in [0.05, 0.1) is 17.9 Å². The molecule has 0 aliphatic heterocycles. The lowest BCUT2D eigenvalue weighted by Crippen LogP contribution is -2.45. The SMILES string of the molecule is O=C(O)C1CCC1C(=O)NC1CCCc2sccc21. The van der Waals surface area contributed by atoms with Crippen LogP contribution in [-0.2, 0) is 16.0 Å². The van der Waals surface area contributed by atoms with Gasteiger partial charge in [-0.25, -0.2) is 0 Å². The highest BCUT2D eigenvalue weighted by atomic mass is 32.1. The van der Waals surface area contributed by atoms with Crippen LogP contribution in [0.15, 0.2) is 11.4 Å². The highest BCUT2D eigenvalue weighted by Gasteiger charge is 2.42. The second-order valence-corrected chi connectivity index (χ2v) is 6.38. The number of carbonyl (C=O) groups excluding carboxylic acids is 1. The summed E-state index contributed by atoms with van der Waals surface area (Å²) in [6.45, 7) is 0. The van der Waals surface area contributed by atoms with Gasteiger partial charge in [0.25, 0.3) is 0 Å². The molecule has 3 rings (SSSR count). The molecule has 2 N–H and O–H groups in total. The summed E-state index contributed by atoms with van der Waals surface area (Å²) in [5.41, 5.74) is 1.23. The molecule has 1 aromatic heterocycles. The molecule has 0 saturated heterocycles. The minimum atomic E-state index is -0.841. The maximum Gasteiger partial charge on any atom is 0.307 e. The number of thiophene rings is 1. The highest BCUT2D eigenvalue weighted by Crippen LogP contribution is 2.37. The molecule has 1 heterocycles. The quantitative estimate of drug-likeness (QED) is 0.892. The van der Waals surface area contributed by atoms with Crippen molar-refractivity contribution in [3.05, 3.63) is 21.9 Å². The Morgan fingerprint density at radius 1 is 1.26 bits per heavy atom. The Hall–Kier alpha value is -1.36. The van der Waals surface area contributed by atoms with E-state index in [0.717, 1.165) is 19.3 Å². The number of carbonyl (C=O) groups is 2. The summed E-state index contributed by atoms with van der Waals surface area (Å²) in [4.78, 5) is 24.5. The summed E-state index contributed by atoms with van der Waals surface area (Å²) >= 11 is 1.74. The molecule has 1 aromatic rings. The smallest absolute Gasteiger partial charge is 0.307 e. The number of aliphatic carboxylic acids is 1. The van der Waals surface area contributed by atoms with E-state index in [4.69, 9.17) is 5.11 Å². The van der Waals surface area contributed by atoms with Gasteiger partial charge < -0.3 is 10.4 Å². The van der Waals surface area contributed by atoms with E-state index in [2.05, 4.69) is 16.8 Å². The molecule has 0 aromatic carbocycles. The molecule has 1 amide bonds. The molecule has 2 aliphatic carbocycles. The summed E-state index contributed by atoms with van der Waals surface area (Å²) in [6.07, 6.45) is 4.47. The third-order valence-corrected chi connectivity index (χ3v) is 5.29. The highest BCUT2D eigenvalue weighted by molar-refractivity contribution is 7.10. The normalized spacial score (nSPS) is 29.2. The first-order valence-electron chi connectivity index (χ1n) is 6.76. The number of fused-ring (bicyclic) bond motifs is 1. The molecule has 1 fully saturated rings. The van der Waals surface area contributed by atoms with Crippen LogP contribution < -0.4 is 5.32 Å². The van der Waals surface area contributed by atoms with E-state index in [1.54, 1.807) is 11.3 Å². The van der Waals surface area contributed by atoms with Gasteiger partial charge in [-0.05, 0) is 49.1 Å². The van der Waals surface area contributed by atoms with Gasteiger partial charge in [-0.2, -0.15) is 0 Å². The van der Waals surface area contributed by atoms with Crippen LogP contribution >= 0.6 is 11.3 Å². The van der Waals surface area contributed by atoms with E-state index in [9.17, 15) is 9.59 Å². The Balaban J connectivity index is 1.67. The van der Waals surface area contributed by atoms with Crippen LogP contribution in [-0.4, -0.2) is 17.0 Å². The second kappa shape index (κ2) is 4.96. The lowest BCUT2D eigenvalue weighted by Gasteiger charge is -2.34. The predicted molar refractivity (Wildman–Crippen MR) is 72.0 cm³/mol. The van der Waals surface area contributed by atoms with Gasteiger partial charge in [0.2, 0.25) is 5.91 Å². The van der Waals surface area contributed by atoms with Crippen LogP contribution in [0.5, 0.6) is 0 Å². The van der Waals surface area contributed by atoms with Gasteiger partial charge >= 0.3 is 5.97 Å². The van der Waals surface area contributed by atoms with Gasteiger partial charge in [0, 0.05) is 4.88 Å². The minimum Gasteiger partial charge on any atom is -0.481 e. The number of aryl methyl sites for hydroxylation is 1. The molecular formula is C14H17NO3S. The van der Waals surface area contributed by atoms with E-state index in [0.29, 0.717) is 12.8 Å². The Bertz CT molecular complexity index is 511. The lowest BCUT2D eigenvalue weighted by atomic mass is 9.73. The summed E-state index contributed by atoms with van der Waals surface area (Å²) in [5, 5.41) is 14.1. The van der Waals surface area contributed by atoms with Crippen molar-refractivity contribution in [1.82, 2.24) is 5.32 Å². The zero-order valence-corrected chi connectivity index (χ0v) is 11.4. The van der Waals surface area contributed by atoms with Crippen molar-refractivity contribution < 1.29 is 14.7 Å². The van der Waals surface area contributed by atoms with Crippen molar-refractivity contribution in [3.8, 4) is 0 Å². The molecule has 3 atom stereocenters. The molecule has 0 radical (unpaired) electrons. The summed E-state index contributed by atoms with van der Waals surface area (Å²) in [6, 6.07) is 2.16. The molecule has 5 heteroatoms. The number of nitrogens with one attached hydrogen (secondary N) is 1. The van der Waals surface area contributed by atoms with Crippen LogP contribution in [0.2, 0.25) is 0 Å². The van der Waals surface area contributed by atoms with Gasteiger partial charge in [-0.15, -0.1) is 11.3 Å². The maximum absolute atomic E-state index is 12.2. The van der Waals surface area contributed by atoms with Crippen LogP contribution in [0.25, 0.3) is 0 Å². The first kappa shape index (κ1) is 12.7. The van der Waals surface area contributed by atoms with Gasteiger partial charge in [0.15, 0.2) is 0 Å². The Labute approximate surface area is 115 Å². The fraction of sp³-hybridized carbons (Fsp3) is 0.571. The number of carboxylic acid groups (broad SMARTS) is 1. The minimum absolute atomic E-state index is 0.0808. The Morgan fingerprint density at radius 3 is 2.74 bits per heavy atom. The average Bonchev–Trinajstić information content (AvgIpc) is 2.75. The largest absolute Gasteiger partial charge is 0.481 e. The van der Waals surface area contributed by atoms with Crippen molar-refractivity contribution in [2.45, 2.75) is 38.1 Å². The average molecular weight is 279 g/mol. The molecule has 0 spiro atoms. The van der Waals surface area contributed by atoms with Crippen molar-refractivity contribution in [2.75, 3.05) is 0 Å². The molecule has 19 heavy (non-hydrogen) atoms. The van der Waals surface area contributed by atoms with Gasteiger partial charge in [-0.1, -0.05) is 0 Å². The second-order valence-electron chi connectivity index (χ2n) is 5.38. The third kappa shape index (κ3) is 2.27. The van der Waals surface area contributed by atoms with E-state index < -0.39 is 11.9 Å². The number of hydrogen-bond acceptors (Lipinski definition) is 3. The van der Waals surface area contributed by atoms with Crippen molar-refractivity contribution in [2.24, 2.45) is 11.8 Å². The first-order chi connectivity index (χ1) is 9.16. The lowest BCUT2D eigenvalue weighted by molar-refractivity contribution is -0.153. The van der Waals surface area contributed by atoms with E-state index in [1.807, 2.05) is 0 Å². The third-order valence-electron chi connectivity index (χ3n) is 4.30. The topological polar surface area (TPSA) is 66.4 Å². The van der Waals surface area contributed by atoms with Crippen LogP contribution in [0.4, 0.5) is 0 Å². The van der Waals surface area contributed by atoms with Gasteiger partial charge in [-0.3, -0.25) is 9.59 Å². The van der Waals surface area contributed by atoms with E-state index in [1.165, 1.54) is 10.4 Å². The number of amides is 1. The molecule has 1 saturated carbocycles. The first-order valence-corrected chi connectivity index (χ1v) is 7.64. The zero-order chi connectivity index (χ0) is 13.4. The summed E-state index contributed by atoms with van der Waals surface area (Å²) < 4.78 is 0. The molecule has 2 aliphatic rings. The molecular weight excluding hydrogens is 262 g/mol. The monoisotopic (exact) mass is 279 g/mol. The fourth-order valence-corrected chi connectivity index (χ4v) is 4.01. The standard InChI is InChI=1S/C14H17NO3S/c16-13(8-4-5-9(8)14(17)18)15-11-2-1-3-12-10(11)6-7-19-12/h6-9,11H,1-5H2,(H,15,16)(H,17,18). The van der Waals surface area contributed by atoms with Gasteiger partial charge in [0.1, 0.15) is 0 Å². The Morgan fingerprint density at radius 2 is 2.05 bits per heavy atom. The molecule has 4 nitrogen and oxygen atoms in total. The summed E-state index contributed by atoms with van der Waals surface area (Å²) in [5.74, 6) is -1.74. The van der Waals surface area contributed by atoms with Crippen LogP contribution in [0.3, 0.4) is 0 Å². The number of hydrogen-bond donors (Lipinski definition) is 2. The van der Waals surface area contributed by atoms with Crippen molar-refractivity contribution in [1.29, 1.82) is 0 Å². The van der Waals surface area contributed by atoms with E-state index >= 15 is 0 Å². The number of rotatable bonds is 3. The molecule has 3 unspecified atom stereocenters. The fourth-order valence-electron chi connectivity index (χ4n) is 3.02. The van der Waals surface area contributed by atoms with Crippen molar-refractivity contribution in [3.63, 3.8) is 0 Å². The van der Waals surface area contributed by atoms with Crippen LogP contribution in [0.1, 0.15) is 42.2 Å². The molecule has 102 valence electrons. The maximum atomic E-state index is 12.2.